The van der Waals surface area contributed by atoms with E-state index < -0.39 is 17.9 Å². The number of urea groups is 1. The summed E-state index contributed by atoms with van der Waals surface area (Å²) >= 11 is 0. The van der Waals surface area contributed by atoms with Gasteiger partial charge in [0.1, 0.15) is 0 Å². The highest BCUT2D eigenvalue weighted by molar-refractivity contribution is 5.76. The summed E-state index contributed by atoms with van der Waals surface area (Å²) in [6.07, 6.45) is 1.81. The molecule has 0 aromatic heterocycles. The molecular formula is C13H24N2O4. The van der Waals surface area contributed by atoms with Crippen molar-refractivity contribution in [3.8, 4) is 0 Å². The molecule has 0 aliphatic carbocycles. The number of carbonyl (C=O) groups is 2. The van der Waals surface area contributed by atoms with E-state index in [1.807, 2.05) is 6.92 Å². The molecule has 1 aliphatic rings. The first kappa shape index (κ1) is 15.8. The van der Waals surface area contributed by atoms with Crippen molar-refractivity contribution in [2.45, 2.75) is 45.3 Å². The van der Waals surface area contributed by atoms with Crippen LogP contribution in [0, 0.1) is 5.92 Å². The van der Waals surface area contributed by atoms with Gasteiger partial charge in [0.05, 0.1) is 18.1 Å². The average Bonchev–Trinajstić information content (AvgIpc) is 2.37. The Bertz CT molecular complexity index is 348. The Morgan fingerprint density at radius 2 is 2.05 bits per heavy atom. The Morgan fingerprint density at radius 1 is 1.42 bits per heavy atom. The third-order valence-corrected chi connectivity index (χ3v) is 3.93. The molecule has 1 rings (SSSR count). The lowest BCUT2D eigenvalue weighted by Crippen LogP contribution is -2.54. The topological polar surface area (TPSA) is 78.9 Å². The van der Waals surface area contributed by atoms with Crippen LogP contribution in [0.1, 0.15) is 33.6 Å². The fraction of sp³-hybridized carbons (Fsp3) is 0.846. The normalized spacial score (nSPS) is 26.6. The van der Waals surface area contributed by atoms with Gasteiger partial charge in [-0.15, -0.1) is 0 Å². The molecule has 0 radical (unpaired) electrons. The summed E-state index contributed by atoms with van der Waals surface area (Å²) in [7, 11) is 1.65. The molecule has 0 bridgehead atoms. The van der Waals surface area contributed by atoms with Crippen molar-refractivity contribution in [3.63, 3.8) is 0 Å². The van der Waals surface area contributed by atoms with Gasteiger partial charge in [0, 0.05) is 19.7 Å². The molecular weight excluding hydrogens is 248 g/mol. The van der Waals surface area contributed by atoms with E-state index in [4.69, 9.17) is 9.84 Å². The largest absolute Gasteiger partial charge is 0.481 e. The smallest absolute Gasteiger partial charge is 0.317 e. The number of carboxylic acid groups (broad SMARTS) is 1. The van der Waals surface area contributed by atoms with Gasteiger partial charge in [-0.1, -0.05) is 0 Å². The van der Waals surface area contributed by atoms with Crippen LogP contribution < -0.4 is 5.32 Å². The van der Waals surface area contributed by atoms with Crippen LogP contribution in [0.4, 0.5) is 4.79 Å². The van der Waals surface area contributed by atoms with Crippen LogP contribution in [0.2, 0.25) is 0 Å². The molecule has 3 unspecified atom stereocenters. The molecule has 2 N–H and O–H groups in total. The summed E-state index contributed by atoms with van der Waals surface area (Å²) in [5.74, 6) is -1.52. The van der Waals surface area contributed by atoms with Gasteiger partial charge >= 0.3 is 12.0 Å². The Labute approximate surface area is 114 Å². The molecule has 110 valence electrons. The van der Waals surface area contributed by atoms with Crippen molar-refractivity contribution in [2.75, 3.05) is 20.2 Å². The Kier molecular flexibility index (Phi) is 5.17. The van der Waals surface area contributed by atoms with E-state index in [1.165, 1.54) is 0 Å². The van der Waals surface area contributed by atoms with Gasteiger partial charge in [-0.3, -0.25) is 4.79 Å². The van der Waals surface area contributed by atoms with E-state index in [-0.39, 0.29) is 11.6 Å². The minimum absolute atomic E-state index is 0.219. The summed E-state index contributed by atoms with van der Waals surface area (Å²) in [4.78, 5) is 24.7. The van der Waals surface area contributed by atoms with E-state index in [0.717, 1.165) is 12.8 Å². The highest BCUT2D eigenvalue weighted by Crippen LogP contribution is 2.23. The monoisotopic (exact) mass is 272 g/mol. The first-order chi connectivity index (χ1) is 8.79. The number of hydrogen-bond donors (Lipinski definition) is 2. The van der Waals surface area contributed by atoms with Crippen molar-refractivity contribution < 1.29 is 19.4 Å². The Hall–Kier alpha value is -1.30. The van der Waals surface area contributed by atoms with E-state index in [9.17, 15) is 9.59 Å². The average molecular weight is 272 g/mol. The number of rotatable bonds is 4. The van der Waals surface area contributed by atoms with Crippen molar-refractivity contribution in [3.05, 3.63) is 0 Å². The predicted octanol–water partition coefficient (Wildman–Crippen LogP) is 1.31. The van der Waals surface area contributed by atoms with Gasteiger partial charge in [0.2, 0.25) is 0 Å². The number of carbonyl (C=O) groups excluding carboxylic acids is 1. The number of ether oxygens (including phenoxy) is 1. The molecule has 1 saturated heterocycles. The van der Waals surface area contributed by atoms with Crippen LogP contribution in [-0.4, -0.2) is 53.8 Å². The SMILES string of the molecule is COC1(C)CCCN(C(=O)NC(C)C(C)C(=O)O)C1. The molecule has 1 aliphatic heterocycles. The summed E-state index contributed by atoms with van der Waals surface area (Å²) < 4.78 is 5.43. The number of amides is 2. The lowest BCUT2D eigenvalue weighted by molar-refractivity contribution is -0.141. The summed E-state index contributed by atoms with van der Waals surface area (Å²) in [5, 5.41) is 11.7. The standard InChI is InChI=1S/C13H24N2O4/c1-9(11(16)17)10(2)14-12(18)15-7-5-6-13(3,8-15)19-4/h9-10H,5-8H2,1-4H3,(H,14,18)(H,16,17). The zero-order valence-electron chi connectivity index (χ0n) is 12.1. The second-order valence-electron chi connectivity index (χ2n) is 5.54. The molecule has 0 aromatic carbocycles. The number of carboxylic acids is 1. The first-order valence-corrected chi connectivity index (χ1v) is 6.62. The molecule has 2 amide bonds. The third kappa shape index (κ3) is 4.09. The summed E-state index contributed by atoms with van der Waals surface area (Å²) in [6, 6.07) is -0.621. The van der Waals surface area contributed by atoms with E-state index in [0.29, 0.717) is 13.1 Å². The number of nitrogens with zero attached hydrogens (tertiary/aromatic N) is 1. The van der Waals surface area contributed by atoms with Gasteiger partial charge in [-0.05, 0) is 33.6 Å². The molecule has 0 spiro atoms. The maximum absolute atomic E-state index is 12.1. The van der Waals surface area contributed by atoms with Gasteiger partial charge in [0.15, 0.2) is 0 Å². The first-order valence-electron chi connectivity index (χ1n) is 6.62. The van der Waals surface area contributed by atoms with Gasteiger partial charge < -0.3 is 20.1 Å². The number of hydrogen-bond acceptors (Lipinski definition) is 3. The van der Waals surface area contributed by atoms with Crippen molar-refractivity contribution in [2.24, 2.45) is 5.92 Å². The predicted molar refractivity (Wildman–Crippen MR) is 71.0 cm³/mol. The highest BCUT2D eigenvalue weighted by Gasteiger charge is 2.33. The van der Waals surface area contributed by atoms with Gasteiger partial charge in [0.25, 0.3) is 0 Å². The van der Waals surface area contributed by atoms with Crippen LogP contribution in [0.15, 0.2) is 0 Å². The number of likely N-dealkylation sites (tertiary alicyclic amines) is 1. The van der Waals surface area contributed by atoms with E-state index >= 15 is 0 Å². The van der Waals surface area contributed by atoms with Crippen molar-refractivity contribution in [1.82, 2.24) is 10.2 Å². The number of piperidine rings is 1. The number of aliphatic carboxylic acids is 1. The molecule has 1 fully saturated rings. The van der Waals surface area contributed by atoms with Gasteiger partial charge in [-0.25, -0.2) is 4.79 Å². The van der Waals surface area contributed by atoms with E-state index in [1.54, 1.807) is 25.9 Å². The summed E-state index contributed by atoms with van der Waals surface area (Å²) in [5.41, 5.74) is -0.308. The van der Waals surface area contributed by atoms with Crippen molar-refractivity contribution >= 4 is 12.0 Å². The zero-order chi connectivity index (χ0) is 14.6. The number of nitrogens with one attached hydrogen (secondary N) is 1. The third-order valence-electron chi connectivity index (χ3n) is 3.93. The molecule has 3 atom stereocenters. The lowest BCUT2D eigenvalue weighted by Gasteiger charge is -2.39. The van der Waals surface area contributed by atoms with Crippen LogP contribution >= 0.6 is 0 Å². The minimum Gasteiger partial charge on any atom is -0.481 e. The van der Waals surface area contributed by atoms with Crippen LogP contribution in [0.5, 0.6) is 0 Å². The molecule has 0 saturated carbocycles. The lowest BCUT2D eigenvalue weighted by atomic mass is 9.95. The highest BCUT2D eigenvalue weighted by atomic mass is 16.5. The van der Waals surface area contributed by atoms with Gasteiger partial charge in [-0.2, -0.15) is 0 Å². The zero-order valence-corrected chi connectivity index (χ0v) is 12.1. The summed E-state index contributed by atoms with van der Waals surface area (Å²) in [6.45, 7) is 6.48. The van der Waals surface area contributed by atoms with Crippen LogP contribution in [0.3, 0.4) is 0 Å². The van der Waals surface area contributed by atoms with Crippen molar-refractivity contribution in [1.29, 1.82) is 0 Å². The Balaban J connectivity index is 2.56. The fourth-order valence-electron chi connectivity index (χ4n) is 2.17. The molecule has 6 nitrogen and oxygen atoms in total. The maximum Gasteiger partial charge on any atom is 0.317 e. The second kappa shape index (κ2) is 6.23. The molecule has 6 heteroatoms. The molecule has 19 heavy (non-hydrogen) atoms. The van der Waals surface area contributed by atoms with Crippen LogP contribution in [0.25, 0.3) is 0 Å². The quantitative estimate of drug-likeness (QED) is 0.808. The fourth-order valence-corrected chi connectivity index (χ4v) is 2.17. The van der Waals surface area contributed by atoms with Crippen LogP contribution in [-0.2, 0) is 9.53 Å². The number of methoxy groups -OCH3 is 1. The Morgan fingerprint density at radius 3 is 2.58 bits per heavy atom. The maximum atomic E-state index is 12.1. The minimum atomic E-state index is -0.909. The molecule has 1 heterocycles. The van der Waals surface area contributed by atoms with E-state index in [2.05, 4.69) is 5.32 Å². The second-order valence-corrected chi connectivity index (χ2v) is 5.54. The molecule has 0 aromatic rings.